The van der Waals surface area contributed by atoms with E-state index in [9.17, 15) is 23.2 Å². The van der Waals surface area contributed by atoms with E-state index in [1.165, 1.54) is 13.0 Å². The molecule has 1 fully saturated rings. The van der Waals surface area contributed by atoms with Crippen LogP contribution in [0.4, 0.5) is 13.6 Å². The van der Waals surface area contributed by atoms with Crippen molar-refractivity contribution in [1.82, 2.24) is 10.2 Å². The largest absolute Gasteiger partial charge is 0.423 e. The van der Waals surface area contributed by atoms with E-state index in [1.54, 1.807) is 12.1 Å². The molecule has 1 N–H and O–H groups in total. The Morgan fingerprint density at radius 2 is 1.83 bits per heavy atom. The fourth-order valence-corrected chi connectivity index (χ4v) is 3.54. The van der Waals surface area contributed by atoms with Crippen LogP contribution >= 0.6 is 0 Å². The van der Waals surface area contributed by atoms with E-state index in [2.05, 4.69) is 5.32 Å². The second-order valence-corrected chi connectivity index (χ2v) is 7.16. The van der Waals surface area contributed by atoms with Crippen molar-refractivity contribution in [3.63, 3.8) is 0 Å². The molecule has 4 rings (SSSR count). The van der Waals surface area contributed by atoms with Crippen LogP contribution in [0.5, 0.6) is 0 Å². The molecule has 0 spiro atoms. The Kier molecular flexibility index (Phi) is 4.22. The quantitative estimate of drug-likeness (QED) is 0.542. The van der Waals surface area contributed by atoms with Crippen molar-refractivity contribution in [2.45, 2.75) is 25.9 Å². The number of nitrogens with zero attached hydrogens (tertiary/aromatic N) is 1. The number of hydrogen-bond donors (Lipinski definition) is 1. The topological polar surface area (TPSA) is 79.6 Å². The molecular formula is C21H16F2N2O4. The number of carbonyl (C=O) groups excluding carboxylic acids is 2. The highest BCUT2D eigenvalue weighted by Crippen LogP contribution is 2.32. The van der Waals surface area contributed by atoms with Crippen molar-refractivity contribution in [2.75, 3.05) is 0 Å². The van der Waals surface area contributed by atoms with Crippen molar-refractivity contribution >= 4 is 22.9 Å². The Bertz CT molecular complexity index is 1240. The minimum absolute atomic E-state index is 0.220. The van der Waals surface area contributed by atoms with E-state index in [1.807, 2.05) is 13.0 Å². The summed E-state index contributed by atoms with van der Waals surface area (Å²) >= 11 is 0. The molecule has 3 aromatic rings. The van der Waals surface area contributed by atoms with Crippen LogP contribution in [0, 0.1) is 18.6 Å². The average molecular weight is 398 g/mol. The molecule has 8 heteroatoms. The highest BCUT2D eigenvalue weighted by Gasteiger charge is 2.50. The van der Waals surface area contributed by atoms with Crippen LogP contribution in [0.15, 0.2) is 51.7 Å². The van der Waals surface area contributed by atoms with Crippen molar-refractivity contribution in [3.8, 4) is 0 Å². The number of halogens is 2. The molecule has 0 bridgehead atoms. The Morgan fingerprint density at radius 1 is 1.07 bits per heavy atom. The Labute approximate surface area is 163 Å². The molecule has 3 amide bonds. The van der Waals surface area contributed by atoms with Crippen LogP contribution in [-0.2, 0) is 16.9 Å². The number of rotatable bonds is 3. The van der Waals surface area contributed by atoms with Crippen LogP contribution in [0.3, 0.4) is 0 Å². The first-order chi connectivity index (χ1) is 13.7. The van der Waals surface area contributed by atoms with Gasteiger partial charge < -0.3 is 9.73 Å². The Balaban J connectivity index is 1.75. The molecule has 1 saturated heterocycles. The lowest BCUT2D eigenvalue weighted by Crippen LogP contribution is -2.41. The average Bonchev–Trinajstić information content (AvgIpc) is 2.87. The van der Waals surface area contributed by atoms with Crippen molar-refractivity contribution in [1.29, 1.82) is 0 Å². The first-order valence-corrected chi connectivity index (χ1v) is 8.82. The molecule has 0 saturated carbocycles. The van der Waals surface area contributed by atoms with Crippen molar-refractivity contribution in [3.05, 3.63) is 81.2 Å². The number of fused-ring (bicyclic) bond motifs is 1. The first kappa shape index (κ1) is 18.8. The molecule has 2 heterocycles. The van der Waals surface area contributed by atoms with Gasteiger partial charge in [-0.05, 0) is 49.2 Å². The third-order valence-corrected chi connectivity index (χ3v) is 5.06. The molecule has 2 aromatic carbocycles. The lowest BCUT2D eigenvalue weighted by Gasteiger charge is -2.23. The van der Waals surface area contributed by atoms with Crippen molar-refractivity contribution in [2.24, 2.45) is 0 Å². The van der Waals surface area contributed by atoms with Crippen LogP contribution in [0.25, 0.3) is 11.0 Å². The second kappa shape index (κ2) is 6.51. The maximum atomic E-state index is 14.3. The molecule has 0 radical (unpaired) electrons. The smallest absolute Gasteiger partial charge is 0.336 e. The lowest BCUT2D eigenvalue weighted by atomic mass is 9.91. The summed E-state index contributed by atoms with van der Waals surface area (Å²) in [7, 11) is 0. The molecule has 1 aliphatic rings. The van der Waals surface area contributed by atoms with Crippen LogP contribution < -0.4 is 10.9 Å². The van der Waals surface area contributed by atoms with Crippen LogP contribution in [-0.4, -0.2) is 16.8 Å². The van der Waals surface area contributed by atoms with Crippen LogP contribution in [0.2, 0.25) is 0 Å². The predicted molar refractivity (Wildman–Crippen MR) is 100 cm³/mol. The highest BCUT2D eigenvalue weighted by atomic mass is 19.1. The van der Waals surface area contributed by atoms with Gasteiger partial charge in [-0.3, -0.25) is 9.69 Å². The monoisotopic (exact) mass is 398 g/mol. The number of urea groups is 1. The van der Waals surface area contributed by atoms with Gasteiger partial charge in [-0.25, -0.2) is 18.4 Å². The molecule has 29 heavy (non-hydrogen) atoms. The van der Waals surface area contributed by atoms with Gasteiger partial charge in [-0.1, -0.05) is 12.1 Å². The van der Waals surface area contributed by atoms with Gasteiger partial charge in [0.25, 0.3) is 5.91 Å². The summed E-state index contributed by atoms with van der Waals surface area (Å²) < 4.78 is 33.1. The fraction of sp³-hybridized carbons (Fsp3) is 0.190. The number of hydrogen-bond acceptors (Lipinski definition) is 4. The number of imide groups is 1. The summed E-state index contributed by atoms with van der Waals surface area (Å²) in [5.41, 5.74) is -1.05. The molecule has 1 atom stereocenters. The molecule has 0 aliphatic carbocycles. The number of carbonyl (C=O) groups is 2. The zero-order valence-electron chi connectivity index (χ0n) is 15.6. The SMILES string of the molecule is Cc1ccc2c(CN3C(=O)N[C@](C)(c4cc(F)ccc4F)C3=O)cc(=O)oc2c1. The summed E-state index contributed by atoms with van der Waals surface area (Å²) in [4.78, 5) is 38.4. The number of benzene rings is 2. The van der Waals surface area contributed by atoms with E-state index in [0.29, 0.717) is 16.5 Å². The molecular weight excluding hydrogens is 382 g/mol. The van der Waals surface area contributed by atoms with Gasteiger partial charge in [0.15, 0.2) is 0 Å². The third kappa shape index (κ3) is 3.06. The van der Waals surface area contributed by atoms with Gasteiger partial charge in [-0.2, -0.15) is 0 Å². The minimum atomic E-state index is -1.77. The predicted octanol–water partition coefficient (Wildman–Crippen LogP) is 3.35. The van der Waals surface area contributed by atoms with Gasteiger partial charge in [0, 0.05) is 17.0 Å². The van der Waals surface area contributed by atoms with E-state index < -0.39 is 34.7 Å². The van der Waals surface area contributed by atoms with Gasteiger partial charge >= 0.3 is 11.7 Å². The number of nitrogens with one attached hydrogen (secondary N) is 1. The fourth-order valence-electron chi connectivity index (χ4n) is 3.54. The summed E-state index contributed by atoms with van der Waals surface area (Å²) in [5, 5.41) is 3.01. The molecule has 1 aliphatic heterocycles. The number of aryl methyl sites for hydroxylation is 1. The highest BCUT2D eigenvalue weighted by molar-refractivity contribution is 6.07. The molecule has 148 valence electrons. The lowest BCUT2D eigenvalue weighted by molar-refractivity contribution is -0.131. The number of amides is 3. The van der Waals surface area contributed by atoms with E-state index in [4.69, 9.17) is 4.42 Å². The van der Waals surface area contributed by atoms with E-state index in [-0.39, 0.29) is 12.1 Å². The summed E-state index contributed by atoms with van der Waals surface area (Å²) in [6.07, 6.45) is 0. The van der Waals surface area contributed by atoms with E-state index >= 15 is 0 Å². The van der Waals surface area contributed by atoms with Crippen LogP contribution in [0.1, 0.15) is 23.6 Å². The standard InChI is InChI=1S/C21H16F2N2O4/c1-11-3-5-14-12(8-18(26)29-17(14)7-11)10-25-19(27)21(2,24-20(25)28)15-9-13(22)4-6-16(15)23/h3-9H,10H2,1-2H3,(H,24,28)/t21-/m1/s1. The van der Waals surface area contributed by atoms with Gasteiger partial charge in [0.2, 0.25) is 0 Å². The minimum Gasteiger partial charge on any atom is -0.423 e. The molecule has 0 unspecified atom stereocenters. The van der Waals surface area contributed by atoms with Gasteiger partial charge in [0.05, 0.1) is 6.54 Å². The zero-order valence-corrected chi connectivity index (χ0v) is 15.6. The van der Waals surface area contributed by atoms with Gasteiger partial charge in [-0.15, -0.1) is 0 Å². The first-order valence-electron chi connectivity index (χ1n) is 8.82. The van der Waals surface area contributed by atoms with E-state index in [0.717, 1.165) is 28.7 Å². The summed E-state index contributed by atoms with van der Waals surface area (Å²) in [6.45, 7) is 2.93. The summed E-state index contributed by atoms with van der Waals surface area (Å²) in [6, 6.07) is 8.36. The van der Waals surface area contributed by atoms with Gasteiger partial charge in [0.1, 0.15) is 22.8 Å². The summed E-state index contributed by atoms with van der Waals surface area (Å²) in [5.74, 6) is -2.30. The third-order valence-electron chi connectivity index (χ3n) is 5.06. The molecule has 1 aromatic heterocycles. The zero-order chi connectivity index (χ0) is 20.9. The Hall–Kier alpha value is -3.55. The maximum absolute atomic E-state index is 14.3. The normalized spacial score (nSPS) is 19.1. The Morgan fingerprint density at radius 3 is 2.59 bits per heavy atom. The molecule has 6 nitrogen and oxygen atoms in total. The van der Waals surface area contributed by atoms with Crippen molar-refractivity contribution < 1.29 is 22.8 Å². The maximum Gasteiger partial charge on any atom is 0.336 e. The second-order valence-electron chi connectivity index (χ2n) is 7.16.